The SMILES string of the molecule is CC(COC1CCOC1)NC(=NCC(=O)N(C)C)NCCN1CCOCC1. The van der Waals surface area contributed by atoms with Gasteiger partial charge in [0.25, 0.3) is 0 Å². The highest BCUT2D eigenvalue weighted by atomic mass is 16.5. The van der Waals surface area contributed by atoms with Crippen LogP contribution in [0, 0.1) is 0 Å². The first-order valence-corrected chi connectivity index (χ1v) is 9.79. The third-order valence-electron chi connectivity index (χ3n) is 4.55. The van der Waals surface area contributed by atoms with Crippen molar-refractivity contribution < 1.29 is 19.0 Å². The second kappa shape index (κ2) is 12.1. The first-order valence-electron chi connectivity index (χ1n) is 9.79. The van der Waals surface area contributed by atoms with Gasteiger partial charge in [-0.15, -0.1) is 0 Å². The van der Waals surface area contributed by atoms with Crippen molar-refractivity contribution in [2.75, 3.05) is 79.9 Å². The van der Waals surface area contributed by atoms with Gasteiger partial charge in [0.15, 0.2) is 5.96 Å². The Hall–Kier alpha value is -1.42. The van der Waals surface area contributed by atoms with Crippen LogP contribution in [0.3, 0.4) is 0 Å². The predicted molar refractivity (Wildman–Crippen MR) is 104 cm³/mol. The van der Waals surface area contributed by atoms with E-state index in [1.165, 1.54) is 0 Å². The van der Waals surface area contributed by atoms with Crippen LogP contribution in [0.4, 0.5) is 0 Å². The van der Waals surface area contributed by atoms with E-state index in [1.54, 1.807) is 19.0 Å². The summed E-state index contributed by atoms with van der Waals surface area (Å²) in [5.74, 6) is 0.605. The van der Waals surface area contributed by atoms with Gasteiger partial charge in [0.1, 0.15) is 6.54 Å². The Morgan fingerprint density at radius 1 is 1.30 bits per heavy atom. The van der Waals surface area contributed by atoms with Crippen molar-refractivity contribution in [2.24, 2.45) is 4.99 Å². The van der Waals surface area contributed by atoms with Crippen LogP contribution in [-0.2, 0) is 19.0 Å². The molecule has 0 spiro atoms. The fraction of sp³-hybridized carbons (Fsp3) is 0.889. The average Bonchev–Trinajstić information content (AvgIpc) is 3.18. The van der Waals surface area contributed by atoms with E-state index in [-0.39, 0.29) is 24.6 Å². The van der Waals surface area contributed by atoms with Gasteiger partial charge in [0.2, 0.25) is 5.91 Å². The van der Waals surface area contributed by atoms with Gasteiger partial charge in [-0.1, -0.05) is 0 Å². The van der Waals surface area contributed by atoms with Gasteiger partial charge in [-0.25, -0.2) is 4.99 Å². The van der Waals surface area contributed by atoms with E-state index < -0.39 is 0 Å². The number of carbonyl (C=O) groups is 1. The van der Waals surface area contributed by atoms with Crippen LogP contribution in [-0.4, -0.2) is 114 Å². The molecule has 156 valence electrons. The summed E-state index contributed by atoms with van der Waals surface area (Å²) in [5.41, 5.74) is 0. The fourth-order valence-corrected chi connectivity index (χ4v) is 2.80. The summed E-state index contributed by atoms with van der Waals surface area (Å²) in [7, 11) is 3.47. The zero-order valence-electron chi connectivity index (χ0n) is 16.9. The Morgan fingerprint density at radius 2 is 2.07 bits per heavy atom. The number of amides is 1. The fourth-order valence-electron chi connectivity index (χ4n) is 2.80. The van der Waals surface area contributed by atoms with Crippen LogP contribution in [0.5, 0.6) is 0 Å². The molecular formula is C18H35N5O4. The number of ether oxygens (including phenoxy) is 3. The maximum Gasteiger partial charge on any atom is 0.243 e. The molecule has 2 heterocycles. The Morgan fingerprint density at radius 3 is 2.74 bits per heavy atom. The standard InChI is InChI=1S/C18H35N5O4/c1-15(13-27-16-4-9-26-14-16)21-18(20-12-17(24)22(2)3)19-5-6-23-7-10-25-11-8-23/h15-16H,4-14H2,1-3H3,(H2,19,20,21). The summed E-state index contributed by atoms with van der Waals surface area (Å²) in [5, 5.41) is 6.66. The Kier molecular flexibility index (Phi) is 9.82. The molecule has 27 heavy (non-hydrogen) atoms. The molecule has 0 aliphatic carbocycles. The number of likely N-dealkylation sites (N-methyl/N-ethyl adjacent to an activating group) is 1. The van der Waals surface area contributed by atoms with Crippen molar-refractivity contribution in [1.82, 2.24) is 20.4 Å². The number of hydrogen-bond donors (Lipinski definition) is 2. The van der Waals surface area contributed by atoms with Crippen molar-refractivity contribution in [2.45, 2.75) is 25.5 Å². The van der Waals surface area contributed by atoms with Crippen molar-refractivity contribution in [3.63, 3.8) is 0 Å². The van der Waals surface area contributed by atoms with Crippen molar-refractivity contribution in [3.05, 3.63) is 0 Å². The first-order chi connectivity index (χ1) is 13.0. The van der Waals surface area contributed by atoms with E-state index >= 15 is 0 Å². The number of rotatable bonds is 9. The Labute approximate surface area is 162 Å². The monoisotopic (exact) mass is 385 g/mol. The lowest BCUT2D eigenvalue weighted by Crippen LogP contribution is -2.48. The smallest absolute Gasteiger partial charge is 0.243 e. The largest absolute Gasteiger partial charge is 0.379 e. The summed E-state index contributed by atoms with van der Waals surface area (Å²) < 4.78 is 16.6. The molecule has 1 amide bonds. The molecule has 0 bridgehead atoms. The number of guanidine groups is 1. The molecule has 0 aromatic rings. The van der Waals surface area contributed by atoms with E-state index in [1.807, 2.05) is 6.92 Å². The molecular weight excluding hydrogens is 350 g/mol. The quantitative estimate of drug-likeness (QED) is 0.394. The van der Waals surface area contributed by atoms with Crippen molar-refractivity contribution in [3.8, 4) is 0 Å². The molecule has 2 aliphatic rings. The average molecular weight is 386 g/mol. The lowest BCUT2D eigenvalue weighted by molar-refractivity contribution is -0.127. The van der Waals surface area contributed by atoms with E-state index in [9.17, 15) is 4.79 Å². The zero-order valence-corrected chi connectivity index (χ0v) is 16.9. The minimum atomic E-state index is -0.0312. The predicted octanol–water partition coefficient (Wildman–Crippen LogP) is -0.864. The van der Waals surface area contributed by atoms with Gasteiger partial charge in [0.05, 0.1) is 32.5 Å². The van der Waals surface area contributed by atoms with Crippen LogP contribution in [0.25, 0.3) is 0 Å². The van der Waals surface area contributed by atoms with Gasteiger partial charge in [-0.2, -0.15) is 0 Å². The van der Waals surface area contributed by atoms with Crippen LogP contribution in [0.2, 0.25) is 0 Å². The lowest BCUT2D eigenvalue weighted by atomic mass is 10.3. The molecule has 0 saturated carbocycles. The number of nitrogens with zero attached hydrogens (tertiary/aromatic N) is 3. The molecule has 2 aliphatic heterocycles. The second-order valence-corrected chi connectivity index (χ2v) is 7.20. The van der Waals surface area contributed by atoms with E-state index in [0.717, 1.165) is 52.4 Å². The Balaban J connectivity index is 1.77. The normalized spacial score (nSPS) is 22.5. The molecule has 2 unspecified atom stereocenters. The topological polar surface area (TPSA) is 87.7 Å². The first kappa shape index (κ1) is 21.9. The number of aliphatic imine (C=N–C) groups is 1. The molecule has 2 fully saturated rings. The molecule has 2 saturated heterocycles. The van der Waals surface area contributed by atoms with Crippen LogP contribution in [0.1, 0.15) is 13.3 Å². The van der Waals surface area contributed by atoms with E-state index in [0.29, 0.717) is 19.2 Å². The molecule has 0 aromatic carbocycles. The number of morpholine rings is 1. The van der Waals surface area contributed by atoms with E-state index in [2.05, 4.69) is 20.5 Å². The molecule has 9 heteroatoms. The van der Waals surface area contributed by atoms with Gasteiger partial charge in [-0.3, -0.25) is 9.69 Å². The van der Waals surface area contributed by atoms with Crippen molar-refractivity contribution >= 4 is 11.9 Å². The van der Waals surface area contributed by atoms with E-state index in [4.69, 9.17) is 14.2 Å². The highest BCUT2D eigenvalue weighted by Gasteiger charge is 2.17. The summed E-state index contributed by atoms with van der Waals surface area (Å²) in [6.45, 7) is 9.32. The van der Waals surface area contributed by atoms with Gasteiger partial charge >= 0.3 is 0 Å². The summed E-state index contributed by atoms with van der Waals surface area (Å²) in [6, 6.07) is 0.0784. The molecule has 0 radical (unpaired) electrons. The van der Waals surface area contributed by atoms with Gasteiger partial charge in [-0.05, 0) is 13.3 Å². The maximum atomic E-state index is 11.9. The third kappa shape index (κ3) is 8.87. The molecule has 2 rings (SSSR count). The molecule has 0 aromatic heterocycles. The van der Waals surface area contributed by atoms with Crippen LogP contribution < -0.4 is 10.6 Å². The molecule has 2 N–H and O–H groups in total. The summed E-state index contributed by atoms with van der Waals surface area (Å²) in [4.78, 5) is 20.2. The number of hydrogen-bond acceptors (Lipinski definition) is 6. The van der Waals surface area contributed by atoms with Gasteiger partial charge in [0, 0.05) is 52.9 Å². The van der Waals surface area contributed by atoms with Gasteiger partial charge < -0.3 is 29.7 Å². The minimum Gasteiger partial charge on any atom is -0.379 e. The Bertz CT molecular complexity index is 463. The maximum absolute atomic E-state index is 11.9. The summed E-state index contributed by atoms with van der Waals surface area (Å²) in [6.07, 6.45) is 1.13. The highest BCUT2D eigenvalue weighted by molar-refractivity contribution is 5.84. The molecule has 9 nitrogen and oxygen atoms in total. The minimum absolute atomic E-state index is 0.0312. The summed E-state index contributed by atoms with van der Waals surface area (Å²) >= 11 is 0. The third-order valence-corrected chi connectivity index (χ3v) is 4.55. The van der Waals surface area contributed by atoms with Crippen LogP contribution >= 0.6 is 0 Å². The highest BCUT2D eigenvalue weighted by Crippen LogP contribution is 2.08. The number of nitrogens with one attached hydrogen (secondary N) is 2. The zero-order chi connectivity index (χ0) is 19.5. The van der Waals surface area contributed by atoms with Crippen molar-refractivity contribution in [1.29, 1.82) is 0 Å². The van der Waals surface area contributed by atoms with Crippen LogP contribution in [0.15, 0.2) is 4.99 Å². The lowest BCUT2D eigenvalue weighted by Gasteiger charge is -2.27. The second-order valence-electron chi connectivity index (χ2n) is 7.20. The number of carbonyl (C=O) groups excluding carboxylic acids is 1. The molecule has 2 atom stereocenters.